The van der Waals surface area contributed by atoms with E-state index in [9.17, 15) is 18.0 Å². The molecule has 9 heteroatoms. The van der Waals surface area contributed by atoms with Crippen molar-refractivity contribution in [3.05, 3.63) is 0 Å². The lowest BCUT2D eigenvalue weighted by molar-refractivity contribution is -0.132. The van der Waals surface area contributed by atoms with Crippen molar-refractivity contribution >= 4 is 21.8 Å². The molecule has 0 saturated carbocycles. The zero-order valence-electron chi connectivity index (χ0n) is 17.0. The minimum absolute atomic E-state index is 0.0619. The fraction of sp³-hybridized carbons (Fsp3) is 0.889. The molecule has 0 bridgehead atoms. The summed E-state index contributed by atoms with van der Waals surface area (Å²) in [5.41, 5.74) is 5.23. The number of rotatable bonds is 4. The normalized spacial score (nSPS) is 27.4. The number of amides is 2. The Labute approximate surface area is 162 Å². The number of ether oxygens (including phenoxy) is 1. The van der Waals surface area contributed by atoms with Gasteiger partial charge in [-0.2, -0.15) is 0 Å². The zero-order valence-corrected chi connectivity index (χ0v) is 17.8. The highest BCUT2D eigenvalue weighted by Gasteiger charge is 2.43. The van der Waals surface area contributed by atoms with E-state index in [1.807, 2.05) is 0 Å². The van der Waals surface area contributed by atoms with E-state index >= 15 is 0 Å². The van der Waals surface area contributed by atoms with Gasteiger partial charge in [-0.15, -0.1) is 0 Å². The molecule has 27 heavy (non-hydrogen) atoms. The molecule has 0 aliphatic carbocycles. The fourth-order valence-corrected chi connectivity index (χ4v) is 4.94. The van der Waals surface area contributed by atoms with E-state index in [1.165, 1.54) is 0 Å². The molecule has 2 aliphatic rings. The van der Waals surface area contributed by atoms with Crippen LogP contribution < -0.4 is 5.73 Å². The summed E-state index contributed by atoms with van der Waals surface area (Å²) < 4.78 is 30.5. The van der Waals surface area contributed by atoms with Crippen LogP contribution in [-0.4, -0.2) is 78.5 Å². The number of hydrogen-bond donors (Lipinski definition) is 1. The molecule has 2 heterocycles. The minimum atomic E-state index is -3.32. The van der Waals surface area contributed by atoms with Gasteiger partial charge in [-0.1, -0.05) is 0 Å². The van der Waals surface area contributed by atoms with E-state index in [4.69, 9.17) is 10.5 Å². The van der Waals surface area contributed by atoms with Gasteiger partial charge < -0.3 is 20.3 Å². The fourth-order valence-electron chi connectivity index (χ4n) is 3.63. The van der Waals surface area contributed by atoms with Crippen LogP contribution in [0.2, 0.25) is 0 Å². The standard InChI is InChI=1S/C18H33N3O5S/c1-12(2)27(24,25)11-13-10-20(17(23)26-18(3,4)5)8-7-15(13)21-9-6-14(19)16(21)22/h12-15H,6-11,19H2,1-5H3/t13-,14?,15-/m0/s1. The van der Waals surface area contributed by atoms with Gasteiger partial charge >= 0.3 is 6.09 Å². The summed E-state index contributed by atoms with van der Waals surface area (Å²) in [4.78, 5) is 28.1. The Bertz CT molecular complexity index is 671. The maximum atomic E-state index is 12.5. The second kappa shape index (κ2) is 7.95. The molecule has 156 valence electrons. The molecule has 2 amide bonds. The third-order valence-electron chi connectivity index (χ3n) is 5.19. The highest BCUT2D eigenvalue weighted by Crippen LogP contribution is 2.29. The van der Waals surface area contributed by atoms with E-state index in [0.29, 0.717) is 25.9 Å². The van der Waals surface area contributed by atoms with Crippen molar-refractivity contribution in [1.29, 1.82) is 0 Å². The van der Waals surface area contributed by atoms with E-state index in [-0.39, 0.29) is 30.2 Å². The summed E-state index contributed by atoms with van der Waals surface area (Å²) >= 11 is 0. The lowest BCUT2D eigenvalue weighted by Crippen LogP contribution is -2.56. The third kappa shape index (κ3) is 5.34. The maximum absolute atomic E-state index is 12.5. The van der Waals surface area contributed by atoms with Gasteiger partial charge in [0, 0.05) is 31.6 Å². The Morgan fingerprint density at radius 1 is 1.26 bits per heavy atom. The van der Waals surface area contributed by atoms with Gasteiger partial charge in [0.25, 0.3) is 0 Å². The molecule has 0 aromatic rings. The van der Waals surface area contributed by atoms with Crippen molar-refractivity contribution in [1.82, 2.24) is 9.80 Å². The smallest absolute Gasteiger partial charge is 0.410 e. The molecule has 2 fully saturated rings. The van der Waals surface area contributed by atoms with Crippen molar-refractivity contribution in [2.45, 2.75) is 70.4 Å². The van der Waals surface area contributed by atoms with Gasteiger partial charge in [-0.05, 0) is 47.5 Å². The van der Waals surface area contributed by atoms with Gasteiger partial charge in [0.15, 0.2) is 9.84 Å². The van der Waals surface area contributed by atoms with Gasteiger partial charge in [0.2, 0.25) is 5.91 Å². The van der Waals surface area contributed by atoms with Crippen molar-refractivity contribution < 1.29 is 22.7 Å². The number of carbonyl (C=O) groups excluding carboxylic acids is 2. The Morgan fingerprint density at radius 3 is 2.37 bits per heavy atom. The maximum Gasteiger partial charge on any atom is 0.410 e. The van der Waals surface area contributed by atoms with Crippen LogP contribution in [0.15, 0.2) is 0 Å². The molecule has 1 unspecified atom stereocenters. The Hall–Kier alpha value is -1.35. The minimum Gasteiger partial charge on any atom is -0.444 e. The van der Waals surface area contributed by atoms with Crippen LogP contribution >= 0.6 is 0 Å². The molecule has 3 atom stereocenters. The van der Waals surface area contributed by atoms with Crippen molar-refractivity contribution in [3.8, 4) is 0 Å². The van der Waals surface area contributed by atoms with E-state index < -0.39 is 32.8 Å². The summed E-state index contributed by atoms with van der Waals surface area (Å²) in [6.07, 6.45) is 0.655. The topological polar surface area (TPSA) is 110 Å². The number of nitrogens with two attached hydrogens (primary N) is 1. The van der Waals surface area contributed by atoms with Crippen LogP contribution in [0.25, 0.3) is 0 Å². The predicted octanol–water partition coefficient (Wildman–Crippen LogP) is 0.995. The first-order chi connectivity index (χ1) is 12.3. The lowest BCUT2D eigenvalue weighted by Gasteiger charge is -2.42. The molecular formula is C18H33N3O5S. The molecule has 0 aromatic carbocycles. The summed E-state index contributed by atoms with van der Waals surface area (Å²) in [6, 6.07) is -0.741. The third-order valence-corrected chi connectivity index (χ3v) is 7.52. The van der Waals surface area contributed by atoms with Crippen LogP contribution in [0.5, 0.6) is 0 Å². The number of sulfone groups is 1. The van der Waals surface area contributed by atoms with E-state index in [0.717, 1.165) is 0 Å². The summed E-state index contributed by atoms with van der Waals surface area (Å²) in [5.74, 6) is -0.543. The SMILES string of the molecule is CC(C)S(=O)(=O)C[C@@H]1CN(C(=O)OC(C)(C)C)CC[C@@H]1N1CCC(N)C1=O. The Balaban J connectivity index is 2.20. The zero-order chi connectivity index (χ0) is 20.6. The molecule has 2 saturated heterocycles. The Kier molecular flexibility index (Phi) is 6.46. The first-order valence-electron chi connectivity index (χ1n) is 9.57. The summed E-state index contributed by atoms with van der Waals surface area (Å²) in [7, 11) is -3.32. The van der Waals surface area contributed by atoms with Crippen LogP contribution in [0, 0.1) is 5.92 Å². The molecule has 2 aliphatic heterocycles. The monoisotopic (exact) mass is 403 g/mol. The first kappa shape index (κ1) is 21.9. The molecule has 8 nitrogen and oxygen atoms in total. The van der Waals surface area contributed by atoms with E-state index in [1.54, 1.807) is 44.4 Å². The molecule has 0 spiro atoms. The number of carbonyl (C=O) groups is 2. The van der Waals surface area contributed by atoms with Crippen molar-refractivity contribution in [2.75, 3.05) is 25.4 Å². The average Bonchev–Trinajstić information content (AvgIpc) is 2.85. The second-order valence-corrected chi connectivity index (χ2v) is 11.4. The van der Waals surface area contributed by atoms with E-state index in [2.05, 4.69) is 0 Å². The summed E-state index contributed by atoms with van der Waals surface area (Å²) in [5, 5.41) is -0.508. The molecule has 2 N–H and O–H groups in total. The van der Waals surface area contributed by atoms with Gasteiger partial charge in [-0.3, -0.25) is 4.79 Å². The summed E-state index contributed by atoms with van der Waals surface area (Å²) in [6.45, 7) is 9.90. The second-order valence-electron chi connectivity index (χ2n) is 8.85. The largest absolute Gasteiger partial charge is 0.444 e. The van der Waals surface area contributed by atoms with Crippen molar-refractivity contribution in [3.63, 3.8) is 0 Å². The van der Waals surface area contributed by atoms with Crippen LogP contribution in [0.3, 0.4) is 0 Å². The van der Waals surface area contributed by atoms with Crippen molar-refractivity contribution in [2.24, 2.45) is 11.7 Å². The first-order valence-corrected chi connectivity index (χ1v) is 11.3. The highest BCUT2D eigenvalue weighted by molar-refractivity contribution is 7.91. The average molecular weight is 404 g/mol. The predicted molar refractivity (Wildman–Crippen MR) is 103 cm³/mol. The number of piperidine rings is 1. The number of likely N-dealkylation sites (tertiary alicyclic amines) is 2. The molecular weight excluding hydrogens is 370 g/mol. The van der Waals surface area contributed by atoms with Crippen LogP contribution in [-0.2, 0) is 19.4 Å². The lowest BCUT2D eigenvalue weighted by atomic mass is 9.92. The number of nitrogens with zero attached hydrogens (tertiary/aromatic N) is 2. The molecule has 0 radical (unpaired) electrons. The molecule has 2 rings (SSSR count). The number of hydrogen-bond acceptors (Lipinski definition) is 6. The Morgan fingerprint density at radius 2 is 1.89 bits per heavy atom. The van der Waals surface area contributed by atoms with Crippen LogP contribution in [0.1, 0.15) is 47.5 Å². The quantitative estimate of drug-likeness (QED) is 0.750. The highest BCUT2D eigenvalue weighted by atomic mass is 32.2. The van der Waals surface area contributed by atoms with Crippen LogP contribution in [0.4, 0.5) is 4.79 Å². The van der Waals surface area contributed by atoms with Gasteiger partial charge in [0.1, 0.15) is 5.60 Å². The molecule has 0 aromatic heterocycles. The van der Waals surface area contributed by atoms with Gasteiger partial charge in [-0.25, -0.2) is 13.2 Å². The van der Waals surface area contributed by atoms with Gasteiger partial charge in [0.05, 0.1) is 17.0 Å².